The van der Waals surface area contributed by atoms with Gasteiger partial charge in [-0.1, -0.05) is 31.9 Å². The van der Waals surface area contributed by atoms with E-state index < -0.39 is 5.60 Å². The van der Waals surface area contributed by atoms with E-state index in [2.05, 4.69) is 32.1 Å². The fraction of sp³-hybridized carbons (Fsp3) is 0.619. The first-order valence-corrected chi connectivity index (χ1v) is 9.22. The van der Waals surface area contributed by atoms with Crippen LogP contribution >= 0.6 is 0 Å². The summed E-state index contributed by atoms with van der Waals surface area (Å²) < 4.78 is 10.6. The summed E-state index contributed by atoms with van der Waals surface area (Å²) in [7, 11) is 1.63. The van der Waals surface area contributed by atoms with Gasteiger partial charge in [0.15, 0.2) is 6.79 Å². The summed E-state index contributed by atoms with van der Waals surface area (Å²) in [4.78, 5) is 0. The van der Waals surface area contributed by atoms with Crippen LogP contribution in [0.25, 0.3) is 0 Å². The lowest BCUT2D eigenvalue weighted by molar-refractivity contribution is -0.0565. The summed E-state index contributed by atoms with van der Waals surface area (Å²) in [5.41, 5.74) is 2.55. The van der Waals surface area contributed by atoms with Gasteiger partial charge in [-0.3, -0.25) is 0 Å². The summed E-state index contributed by atoms with van der Waals surface area (Å²) in [6, 6.07) is 6.13. The van der Waals surface area contributed by atoms with Gasteiger partial charge >= 0.3 is 0 Å². The highest BCUT2D eigenvalue weighted by molar-refractivity contribution is 5.50. The van der Waals surface area contributed by atoms with Gasteiger partial charge in [-0.2, -0.15) is 0 Å². The Labute approximate surface area is 145 Å². The smallest absolute Gasteiger partial charge is 0.188 e. The highest BCUT2D eigenvalue weighted by Gasteiger charge is 2.57. The van der Waals surface area contributed by atoms with E-state index in [1.165, 1.54) is 12.0 Å². The zero-order chi connectivity index (χ0) is 17.2. The van der Waals surface area contributed by atoms with Crippen LogP contribution in [-0.2, 0) is 16.8 Å². The molecule has 3 heteroatoms. The van der Waals surface area contributed by atoms with Gasteiger partial charge in [0.1, 0.15) is 11.4 Å². The van der Waals surface area contributed by atoms with E-state index in [4.69, 9.17) is 9.47 Å². The fourth-order valence-corrected chi connectivity index (χ4v) is 4.78. The molecule has 2 aliphatic rings. The zero-order valence-corrected chi connectivity index (χ0v) is 15.2. The van der Waals surface area contributed by atoms with Crippen LogP contribution in [0.15, 0.2) is 29.8 Å². The Hall–Kier alpha value is -1.32. The van der Waals surface area contributed by atoms with Crippen molar-refractivity contribution in [3.63, 3.8) is 0 Å². The maximum atomic E-state index is 11.9. The molecule has 1 aromatic rings. The molecule has 0 aromatic heterocycles. The first kappa shape index (κ1) is 17.5. The lowest BCUT2D eigenvalue weighted by Gasteiger charge is -2.43. The van der Waals surface area contributed by atoms with Crippen molar-refractivity contribution < 1.29 is 14.6 Å². The van der Waals surface area contributed by atoms with Crippen LogP contribution in [0, 0.1) is 5.41 Å². The molecule has 0 saturated carbocycles. The van der Waals surface area contributed by atoms with Gasteiger partial charge < -0.3 is 14.6 Å². The molecule has 132 valence electrons. The molecule has 0 fully saturated rings. The molecule has 2 atom stereocenters. The molecule has 0 heterocycles. The number of benzene rings is 1. The Morgan fingerprint density at radius 3 is 2.88 bits per heavy atom. The quantitative estimate of drug-likeness (QED) is 0.606. The molecule has 0 amide bonds. The van der Waals surface area contributed by atoms with Crippen molar-refractivity contribution in [1.82, 2.24) is 0 Å². The second-order valence-corrected chi connectivity index (χ2v) is 7.42. The van der Waals surface area contributed by atoms with Gasteiger partial charge in [0.2, 0.25) is 0 Å². The number of methoxy groups -OCH3 is 1. The molecule has 0 radical (unpaired) electrons. The average Bonchev–Trinajstić information content (AvgIpc) is 2.77. The second-order valence-electron chi connectivity index (χ2n) is 7.42. The summed E-state index contributed by atoms with van der Waals surface area (Å²) >= 11 is 0. The molecule has 0 bridgehead atoms. The minimum Gasteiger partial charge on any atom is -0.468 e. The summed E-state index contributed by atoms with van der Waals surface area (Å²) in [6.45, 7) is 4.59. The number of rotatable bonds is 6. The van der Waals surface area contributed by atoms with Gasteiger partial charge in [0, 0.05) is 12.5 Å². The number of allylic oxidation sites excluding steroid dienone is 1. The van der Waals surface area contributed by atoms with Gasteiger partial charge in [0.05, 0.1) is 0 Å². The number of ether oxygens (including phenoxy) is 2. The van der Waals surface area contributed by atoms with Crippen molar-refractivity contribution in [3.8, 4) is 5.75 Å². The van der Waals surface area contributed by atoms with E-state index in [-0.39, 0.29) is 12.2 Å². The Kier molecular flexibility index (Phi) is 5.03. The second kappa shape index (κ2) is 6.89. The highest BCUT2D eigenvalue weighted by atomic mass is 16.7. The van der Waals surface area contributed by atoms with Crippen LogP contribution < -0.4 is 4.74 Å². The third-order valence-electron chi connectivity index (χ3n) is 6.00. The molecule has 2 unspecified atom stereocenters. The normalized spacial score (nSPS) is 28.8. The summed E-state index contributed by atoms with van der Waals surface area (Å²) in [5, 5.41) is 11.9. The Bertz CT molecular complexity index is 622. The van der Waals surface area contributed by atoms with E-state index in [1.54, 1.807) is 7.11 Å². The minimum absolute atomic E-state index is 0.0672. The van der Waals surface area contributed by atoms with Gasteiger partial charge in [-0.15, -0.1) is 0 Å². The summed E-state index contributed by atoms with van der Waals surface area (Å²) in [6.07, 6.45) is 9.91. The molecule has 3 rings (SSSR count). The van der Waals surface area contributed by atoms with Crippen molar-refractivity contribution in [3.05, 3.63) is 41.0 Å². The van der Waals surface area contributed by atoms with E-state index >= 15 is 0 Å². The molecule has 3 nitrogen and oxygen atoms in total. The van der Waals surface area contributed by atoms with Crippen molar-refractivity contribution in [2.45, 2.75) is 64.4 Å². The van der Waals surface area contributed by atoms with Crippen LogP contribution in [0.5, 0.6) is 5.75 Å². The number of hydrogen-bond acceptors (Lipinski definition) is 3. The van der Waals surface area contributed by atoms with E-state index in [9.17, 15) is 5.11 Å². The lowest BCUT2D eigenvalue weighted by Crippen LogP contribution is -2.43. The third kappa shape index (κ3) is 2.68. The largest absolute Gasteiger partial charge is 0.468 e. The predicted molar refractivity (Wildman–Crippen MR) is 96.1 cm³/mol. The summed E-state index contributed by atoms with van der Waals surface area (Å²) in [5.74, 6) is 0.822. The number of fused-ring (bicyclic) bond motifs is 3. The van der Waals surface area contributed by atoms with Crippen molar-refractivity contribution >= 4 is 0 Å². The average molecular weight is 330 g/mol. The molecule has 1 N–H and O–H groups in total. The van der Waals surface area contributed by atoms with E-state index in [1.807, 2.05) is 6.07 Å². The lowest BCUT2D eigenvalue weighted by atomic mass is 9.65. The van der Waals surface area contributed by atoms with Crippen molar-refractivity contribution in [2.75, 3.05) is 13.9 Å². The molecule has 1 aromatic carbocycles. The predicted octanol–water partition coefficient (Wildman–Crippen LogP) is 4.72. The Morgan fingerprint density at radius 2 is 2.12 bits per heavy atom. The van der Waals surface area contributed by atoms with Crippen molar-refractivity contribution in [1.29, 1.82) is 0 Å². The van der Waals surface area contributed by atoms with Crippen LogP contribution in [0.4, 0.5) is 0 Å². The first-order valence-electron chi connectivity index (χ1n) is 9.22. The molecular formula is C21H30O3. The van der Waals surface area contributed by atoms with E-state index in [0.717, 1.165) is 55.4 Å². The number of aliphatic hydroxyl groups is 1. The number of hydrogen-bond donors (Lipinski definition) is 1. The van der Waals surface area contributed by atoms with Gasteiger partial charge in [-0.25, -0.2) is 0 Å². The fourth-order valence-electron chi connectivity index (χ4n) is 4.78. The van der Waals surface area contributed by atoms with Crippen LogP contribution in [-0.4, -0.2) is 19.0 Å². The Balaban J connectivity index is 2.04. The number of unbranched alkanes of at least 4 members (excludes halogenated alkanes) is 1. The minimum atomic E-state index is -0.826. The zero-order valence-electron chi connectivity index (χ0n) is 15.2. The first-order chi connectivity index (χ1) is 11.6. The van der Waals surface area contributed by atoms with E-state index in [0.29, 0.717) is 0 Å². The van der Waals surface area contributed by atoms with Crippen molar-refractivity contribution in [2.24, 2.45) is 5.41 Å². The van der Waals surface area contributed by atoms with Gasteiger partial charge in [0.25, 0.3) is 0 Å². The SMILES string of the molecule is CCCCC12CCCC=C(C)C1(O)c1ccc(OCOC)cc1C2. The topological polar surface area (TPSA) is 38.7 Å². The molecule has 24 heavy (non-hydrogen) atoms. The maximum Gasteiger partial charge on any atom is 0.188 e. The Morgan fingerprint density at radius 1 is 1.29 bits per heavy atom. The van der Waals surface area contributed by atoms with Crippen LogP contribution in [0.1, 0.15) is 63.5 Å². The van der Waals surface area contributed by atoms with Gasteiger partial charge in [-0.05, 0) is 67.9 Å². The van der Waals surface area contributed by atoms with Crippen LogP contribution in [0.2, 0.25) is 0 Å². The van der Waals surface area contributed by atoms with Crippen LogP contribution in [0.3, 0.4) is 0 Å². The molecular weight excluding hydrogens is 300 g/mol. The standard InChI is InChI=1S/C21H30O3/c1-4-5-11-20-12-7-6-8-16(2)21(20,22)19-10-9-18(24-15-23-3)13-17(19)14-20/h8-10,13,22H,4-7,11-12,14-15H2,1-3H3. The molecule has 0 spiro atoms. The monoisotopic (exact) mass is 330 g/mol. The molecule has 0 saturated heterocycles. The molecule has 0 aliphatic heterocycles. The maximum absolute atomic E-state index is 11.9. The highest BCUT2D eigenvalue weighted by Crippen LogP contribution is 2.60. The third-order valence-corrected chi connectivity index (χ3v) is 6.00. The molecule has 2 aliphatic carbocycles.